The first-order chi connectivity index (χ1) is 9.74. The minimum atomic E-state index is 0.665. The van der Waals surface area contributed by atoms with Gasteiger partial charge in [-0.25, -0.2) is 4.98 Å². The van der Waals surface area contributed by atoms with Crippen LogP contribution < -0.4 is 15.4 Å². The monoisotopic (exact) mass is 271 g/mol. The molecule has 2 aromatic rings. The lowest BCUT2D eigenvalue weighted by Crippen LogP contribution is -2.21. The van der Waals surface area contributed by atoms with Gasteiger partial charge in [-0.1, -0.05) is 0 Å². The molecule has 0 aliphatic rings. The van der Waals surface area contributed by atoms with Crippen LogP contribution in [-0.2, 0) is 0 Å². The molecule has 0 aliphatic carbocycles. The lowest BCUT2D eigenvalue weighted by atomic mass is 10.2. The number of benzene rings is 1. The zero-order valence-electron chi connectivity index (χ0n) is 12.0. The van der Waals surface area contributed by atoms with Crippen LogP contribution >= 0.6 is 0 Å². The van der Waals surface area contributed by atoms with Crippen molar-refractivity contribution in [1.29, 1.82) is 0 Å². The van der Waals surface area contributed by atoms with Crippen molar-refractivity contribution in [3.8, 4) is 5.75 Å². The molecular weight excluding hydrogens is 250 g/mol. The van der Waals surface area contributed by atoms with Crippen LogP contribution in [0.1, 0.15) is 12.0 Å². The fourth-order valence-electron chi connectivity index (χ4n) is 2.06. The molecule has 0 unspecified atom stereocenters. The molecule has 0 saturated heterocycles. The predicted octanol–water partition coefficient (Wildman–Crippen LogP) is 2.89. The van der Waals surface area contributed by atoms with Crippen molar-refractivity contribution in [2.24, 2.45) is 5.73 Å². The van der Waals surface area contributed by atoms with E-state index in [4.69, 9.17) is 10.5 Å². The molecule has 1 heterocycles. The van der Waals surface area contributed by atoms with E-state index < -0.39 is 0 Å². The van der Waals surface area contributed by atoms with Crippen LogP contribution in [-0.4, -0.2) is 25.2 Å². The molecule has 106 valence electrons. The predicted molar refractivity (Wildman–Crippen MR) is 82.6 cm³/mol. The Morgan fingerprint density at radius 2 is 1.95 bits per heavy atom. The molecule has 0 atom stereocenters. The molecule has 0 radical (unpaired) electrons. The maximum absolute atomic E-state index is 5.64. The van der Waals surface area contributed by atoms with Gasteiger partial charge in [0.15, 0.2) is 0 Å². The summed E-state index contributed by atoms with van der Waals surface area (Å²) in [5, 5.41) is 0. The Balaban J connectivity index is 2.30. The Morgan fingerprint density at radius 3 is 2.55 bits per heavy atom. The molecule has 1 aromatic carbocycles. The number of methoxy groups -OCH3 is 1. The first-order valence-corrected chi connectivity index (χ1v) is 6.79. The Hall–Kier alpha value is -2.07. The summed E-state index contributed by atoms with van der Waals surface area (Å²) in [4.78, 5) is 6.65. The second-order valence-corrected chi connectivity index (χ2v) is 4.68. The summed E-state index contributed by atoms with van der Waals surface area (Å²) < 4.78 is 5.20. The number of anilines is 2. The highest BCUT2D eigenvalue weighted by atomic mass is 16.5. The summed E-state index contributed by atoms with van der Waals surface area (Å²) in [5.74, 6) is 1.80. The summed E-state index contributed by atoms with van der Waals surface area (Å²) in [6, 6.07) is 12.1. The molecule has 0 saturated carbocycles. The van der Waals surface area contributed by atoms with E-state index in [1.54, 1.807) is 7.11 Å². The number of ether oxygens (including phenoxy) is 1. The first kappa shape index (κ1) is 14.3. The first-order valence-electron chi connectivity index (χ1n) is 6.79. The van der Waals surface area contributed by atoms with Gasteiger partial charge in [0.25, 0.3) is 0 Å². The number of nitrogens with zero attached hydrogens (tertiary/aromatic N) is 2. The van der Waals surface area contributed by atoms with Crippen LogP contribution in [0.2, 0.25) is 0 Å². The van der Waals surface area contributed by atoms with Crippen molar-refractivity contribution in [2.45, 2.75) is 13.3 Å². The average molecular weight is 271 g/mol. The molecule has 4 heteroatoms. The molecule has 0 amide bonds. The van der Waals surface area contributed by atoms with Gasteiger partial charge in [-0.15, -0.1) is 0 Å². The van der Waals surface area contributed by atoms with Gasteiger partial charge in [0.05, 0.1) is 7.11 Å². The maximum Gasteiger partial charge on any atom is 0.133 e. The molecule has 4 nitrogen and oxygen atoms in total. The fraction of sp³-hybridized carbons (Fsp3) is 0.312. The number of aryl methyl sites for hydroxylation is 1. The zero-order valence-corrected chi connectivity index (χ0v) is 12.0. The van der Waals surface area contributed by atoms with E-state index in [1.807, 2.05) is 36.5 Å². The molecule has 1 aromatic heterocycles. The summed E-state index contributed by atoms with van der Waals surface area (Å²) in [7, 11) is 1.67. The third-order valence-corrected chi connectivity index (χ3v) is 3.15. The number of pyridine rings is 1. The van der Waals surface area contributed by atoms with Crippen LogP contribution in [0.25, 0.3) is 0 Å². The number of nitrogens with two attached hydrogens (primary N) is 1. The number of aromatic nitrogens is 1. The minimum absolute atomic E-state index is 0.665. The number of rotatable bonds is 6. The normalized spacial score (nSPS) is 10.3. The highest BCUT2D eigenvalue weighted by Crippen LogP contribution is 2.26. The summed E-state index contributed by atoms with van der Waals surface area (Å²) >= 11 is 0. The molecule has 0 bridgehead atoms. The van der Waals surface area contributed by atoms with E-state index in [2.05, 4.69) is 22.9 Å². The van der Waals surface area contributed by atoms with Gasteiger partial charge in [-0.2, -0.15) is 0 Å². The van der Waals surface area contributed by atoms with Gasteiger partial charge < -0.3 is 15.4 Å². The Bertz CT molecular complexity index is 540. The third-order valence-electron chi connectivity index (χ3n) is 3.15. The van der Waals surface area contributed by atoms with E-state index in [-0.39, 0.29) is 0 Å². The van der Waals surface area contributed by atoms with Crippen molar-refractivity contribution >= 4 is 11.5 Å². The van der Waals surface area contributed by atoms with Gasteiger partial charge >= 0.3 is 0 Å². The maximum atomic E-state index is 5.64. The van der Waals surface area contributed by atoms with Gasteiger partial charge in [0, 0.05) is 18.4 Å². The van der Waals surface area contributed by atoms with Crippen molar-refractivity contribution in [3.05, 3.63) is 48.2 Å². The van der Waals surface area contributed by atoms with Crippen LogP contribution in [0.5, 0.6) is 5.75 Å². The van der Waals surface area contributed by atoms with Crippen LogP contribution in [0, 0.1) is 6.92 Å². The van der Waals surface area contributed by atoms with E-state index in [9.17, 15) is 0 Å². The van der Waals surface area contributed by atoms with Crippen molar-refractivity contribution < 1.29 is 4.74 Å². The Labute approximate surface area is 120 Å². The highest BCUT2D eigenvalue weighted by Gasteiger charge is 2.10. The summed E-state index contributed by atoms with van der Waals surface area (Å²) in [5.41, 5.74) is 7.93. The standard InChI is InChI=1S/C16H21N3O/c1-13-8-10-18-16(12-13)19(11-3-9-17)14-4-6-15(20-2)7-5-14/h4-8,10,12H,3,9,11,17H2,1-2H3. The van der Waals surface area contributed by atoms with E-state index >= 15 is 0 Å². The molecule has 0 fully saturated rings. The minimum Gasteiger partial charge on any atom is -0.497 e. The van der Waals surface area contributed by atoms with Crippen LogP contribution in [0.4, 0.5) is 11.5 Å². The van der Waals surface area contributed by atoms with Gasteiger partial charge in [0.2, 0.25) is 0 Å². The van der Waals surface area contributed by atoms with E-state index in [0.717, 1.165) is 30.2 Å². The molecular formula is C16H21N3O. The second kappa shape index (κ2) is 6.91. The average Bonchev–Trinajstić information content (AvgIpc) is 2.48. The molecule has 0 spiro atoms. The van der Waals surface area contributed by atoms with Crippen LogP contribution in [0.15, 0.2) is 42.6 Å². The van der Waals surface area contributed by atoms with E-state index in [0.29, 0.717) is 6.54 Å². The SMILES string of the molecule is COc1ccc(N(CCCN)c2cc(C)ccn2)cc1. The third kappa shape index (κ3) is 3.48. The van der Waals surface area contributed by atoms with Crippen molar-refractivity contribution in [2.75, 3.05) is 25.1 Å². The topological polar surface area (TPSA) is 51.4 Å². The van der Waals surface area contributed by atoms with Crippen LogP contribution in [0.3, 0.4) is 0 Å². The molecule has 2 N–H and O–H groups in total. The fourth-order valence-corrected chi connectivity index (χ4v) is 2.06. The summed E-state index contributed by atoms with van der Waals surface area (Å²) in [6.45, 7) is 3.58. The highest BCUT2D eigenvalue weighted by molar-refractivity contribution is 5.61. The second-order valence-electron chi connectivity index (χ2n) is 4.68. The van der Waals surface area contributed by atoms with Crippen molar-refractivity contribution in [1.82, 2.24) is 4.98 Å². The number of hydrogen-bond donors (Lipinski definition) is 1. The van der Waals surface area contributed by atoms with E-state index in [1.165, 1.54) is 5.56 Å². The molecule has 20 heavy (non-hydrogen) atoms. The molecule has 2 rings (SSSR count). The molecule has 0 aliphatic heterocycles. The Kier molecular flexibility index (Phi) is 4.96. The number of hydrogen-bond acceptors (Lipinski definition) is 4. The Morgan fingerprint density at radius 1 is 1.20 bits per heavy atom. The van der Waals surface area contributed by atoms with Gasteiger partial charge in [-0.05, 0) is 61.9 Å². The van der Waals surface area contributed by atoms with Gasteiger partial charge in [-0.3, -0.25) is 0 Å². The zero-order chi connectivity index (χ0) is 14.4. The quantitative estimate of drug-likeness (QED) is 0.877. The lowest BCUT2D eigenvalue weighted by molar-refractivity contribution is 0.415. The largest absolute Gasteiger partial charge is 0.497 e. The smallest absolute Gasteiger partial charge is 0.133 e. The van der Waals surface area contributed by atoms with Crippen molar-refractivity contribution in [3.63, 3.8) is 0 Å². The lowest BCUT2D eigenvalue weighted by Gasteiger charge is -2.24. The van der Waals surface area contributed by atoms with Gasteiger partial charge in [0.1, 0.15) is 11.6 Å². The summed E-state index contributed by atoms with van der Waals surface area (Å²) in [6.07, 6.45) is 2.76.